The van der Waals surface area contributed by atoms with Crippen molar-refractivity contribution in [3.8, 4) is 17.2 Å². The van der Waals surface area contributed by atoms with E-state index in [2.05, 4.69) is 12.2 Å². The van der Waals surface area contributed by atoms with Gasteiger partial charge in [0, 0.05) is 12.1 Å². The van der Waals surface area contributed by atoms with E-state index in [0.717, 1.165) is 30.0 Å². The number of nitrogens with one attached hydrogen (secondary N) is 1. The molecule has 33 heavy (non-hydrogen) atoms. The lowest BCUT2D eigenvalue weighted by Crippen LogP contribution is -2.47. The largest absolute Gasteiger partial charge is 0.497 e. The number of sulfonamides is 1. The molecule has 0 bridgehead atoms. The van der Waals surface area contributed by atoms with Crippen LogP contribution in [-0.2, 0) is 14.8 Å². The summed E-state index contributed by atoms with van der Waals surface area (Å²) in [6.07, 6.45) is 4.18. The molecule has 1 aliphatic heterocycles. The molecule has 8 nitrogen and oxygen atoms in total. The number of methoxy groups -OCH3 is 1. The van der Waals surface area contributed by atoms with Crippen LogP contribution in [0.5, 0.6) is 17.2 Å². The first-order valence-corrected chi connectivity index (χ1v) is 12.7. The van der Waals surface area contributed by atoms with E-state index in [1.54, 1.807) is 30.3 Å². The second-order valence-electron chi connectivity index (χ2n) is 8.45. The average Bonchev–Trinajstić information content (AvgIpc) is 2.83. The second kappa shape index (κ2) is 9.91. The number of carbonyl (C=O) groups excluding carboxylic acids is 1. The minimum Gasteiger partial charge on any atom is -0.497 e. The van der Waals surface area contributed by atoms with Crippen LogP contribution >= 0.6 is 0 Å². The summed E-state index contributed by atoms with van der Waals surface area (Å²) in [5.74, 6) is 1.51. The number of nitrogens with zero attached hydrogens (tertiary/aromatic N) is 1. The van der Waals surface area contributed by atoms with Gasteiger partial charge in [0.2, 0.25) is 5.91 Å². The van der Waals surface area contributed by atoms with Crippen molar-refractivity contribution >= 4 is 21.6 Å². The molecule has 0 aromatic heterocycles. The van der Waals surface area contributed by atoms with E-state index >= 15 is 0 Å². The van der Waals surface area contributed by atoms with Crippen LogP contribution in [-0.4, -0.2) is 47.2 Å². The predicted octanol–water partition coefficient (Wildman–Crippen LogP) is 3.36. The summed E-state index contributed by atoms with van der Waals surface area (Å²) in [5.41, 5.74) is 0.373. The Kier molecular flexibility index (Phi) is 6.97. The molecule has 0 unspecified atom stereocenters. The van der Waals surface area contributed by atoms with Gasteiger partial charge in [-0.2, -0.15) is 0 Å². The van der Waals surface area contributed by atoms with Crippen molar-refractivity contribution in [2.45, 2.75) is 43.5 Å². The third-order valence-electron chi connectivity index (χ3n) is 6.21. The van der Waals surface area contributed by atoms with Crippen molar-refractivity contribution in [3.63, 3.8) is 0 Å². The van der Waals surface area contributed by atoms with E-state index in [9.17, 15) is 13.2 Å². The lowest BCUT2D eigenvalue weighted by atomic mass is 9.86. The lowest BCUT2D eigenvalue weighted by molar-refractivity contribution is -0.120. The van der Waals surface area contributed by atoms with Crippen LogP contribution < -0.4 is 23.8 Å². The lowest BCUT2D eigenvalue weighted by Gasteiger charge is -2.31. The molecule has 1 saturated carbocycles. The molecular formula is C24H30N2O6S. The van der Waals surface area contributed by atoms with Gasteiger partial charge >= 0.3 is 0 Å². The summed E-state index contributed by atoms with van der Waals surface area (Å²) in [6.45, 7) is 2.56. The molecule has 0 radical (unpaired) electrons. The van der Waals surface area contributed by atoms with Gasteiger partial charge in [-0.25, -0.2) is 8.42 Å². The smallest absolute Gasteiger partial charge is 0.264 e. The molecule has 1 heterocycles. The molecule has 2 aliphatic rings. The number of ether oxygens (including phenoxy) is 3. The van der Waals surface area contributed by atoms with Crippen LogP contribution in [0.4, 0.5) is 5.69 Å². The monoisotopic (exact) mass is 474 g/mol. The Morgan fingerprint density at radius 3 is 2.45 bits per heavy atom. The first-order valence-electron chi connectivity index (χ1n) is 11.2. The van der Waals surface area contributed by atoms with Crippen LogP contribution in [0.3, 0.4) is 0 Å². The van der Waals surface area contributed by atoms with E-state index in [1.165, 1.54) is 19.2 Å². The van der Waals surface area contributed by atoms with Gasteiger partial charge < -0.3 is 19.5 Å². The summed E-state index contributed by atoms with van der Waals surface area (Å²) in [6, 6.07) is 11.2. The zero-order valence-corrected chi connectivity index (χ0v) is 19.8. The number of carbonyl (C=O) groups is 1. The first-order chi connectivity index (χ1) is 15.9. The molecular weight excluding hydrogens is 444 g/mol. The molecule has 1 aliphatic carbocycles. The van der Waals surface area contributed by atoms with E-state index in [4.69, 9.17) is 14.2 Å². The third kappa shape index (κ3) is 5.19. The molecule has 0 saturated heterocycles. The number of hydrogen-bond acceptors (Lipinski definition) is 6. The highest BCUT2D eigenvalue weighted by molar-refractivity contribution is 7.92. The van der Waals surface area contributed by atoms with Crippen LogP contribution in [0, 0.1) is 5.92 Å². The second-order valence-corrected chi connectivity index (χ2v) is 10.3. The highest BCUT2D eigenvalue weighted by Crippen LogP contribution is 2.34. The molecule has 2 aromatic rings. The van der Waals surface area contributed by atoms with E-state index in [0.29, 0.717) is 42.1 Å². The maximum absolute atomic E-state index is 13.7. The molecule has 1 fully saturated rings. The van der Waals surface area contributed by atoms with Crippen molar-refractivity contribution in [3.05, 3.63) is 42.5 Å². The Bertz CT molecular complexity index is 1090. The number of fused-ring (bicyclic) bond motifs is 1. The van der Waals surface area contributed by atoms with Gasteiger partial charge in [0.1, 0.15) is 25.5 Å². The topological polar surface area (TPSA) is 94.2 Å². The molecule has 4 rings (SSSR count). The summed E-state index contributed by atoms with van der Waals surface area (Å²) in [4.78, 5) is 13.0. The normalized spacial score (nSPS) is 20.1. The minimum atomic E-state index is -4.06. The van der Waals surface area contributed by atoms with Gasteiger partial charge in [-0.15, -0.1) is 0 Å². The molecule has 0 spiro atoms. The Hall–Kier alpha value is -2.94. The van der Waals surface area contributed by atoms with Crippen LogP contribution in [0.15, 0.2) is 47.4 Å². The fourth-order valence-electron chi connectivity index (χ4n) is 4.29. The van der Waals surface area contributed by atoms with Crippen molar-refractivity contribution < 1.29 is 27.4 Å². The Morgan fingerprint density at radius 1 is 1.06 bits per heavy atom. The summed E-state index contributed by atoms with van der Waals surface area (Å²) in [7, 11) is -2.52. The van der Waals surface area contributed by atoms with Crippen molar-refractivity contribution in [1.82, 2.24) is 5.32 Å². The Labute approximate surface area is 194 Å². The quantitative estimate of drug-likeness (QED) is 0.661. The molecule has 178 valence electrons. The number of hydrogen-bond donors (Lipinski definition) is 1. The highest BCUT2D eigenvalue weighted by atomic mass is 32.2. The predicted molar refractivity (Wildman–Crippen MR) is 125 cm³/mol. The molecule has 1 N–H and O–H groups in total. The molecule has 9 heteroatoms. The number of anilines is 1. The van der Waals surface area contributed by atoms with Gasteiger partial charge in [-0.05, 0) is 55.2 Å². The van der Waals surface area contributed by atoms with E-state index < -0.39 is 10.0 Å². The van der Waals surface area contributed by atoms with Crippen LogP contribution in [0.2, 0.25) is 0 Å². The van der Waals surface area contributed by atoms with Crippen LogP contribution in [0.1, 0.15) is 32.6 Å². The standard InChI is InChI=1S/C24H30N2O6S/c1-17-5-3-4-6-21(17)25-24(27)16-26(18-7-9-19(30-2)10-8-18)33(28,29)20-11-12-22-23(15-20)32-14-13-31-22/h7-12,15,17,21H,3-6,13-14,16H2,1-2H3,(H,25,27)/t17-,21+/m1/s1. The molecule has 2 aromatic carbocycles. The fourth-order valence-corrected chi connectivity index (χ4v) is 5.73. The maximum atomic E-state index is 13.7. The molecule has 2 atom stereocenters. The Balaban J connectivity index is 1.63. The zero-order valence-electron chi connectivity index (χ0n) is 19.0. The van der Waals surface area contributed by atoms with E-state index in [1.807, 2.05) is 0 Å². The van der Waals surface area contributed by atoms with Crippen molar-refractivity contribution in [2.75, 3.05) is 31.2 Å². The van der Waals surface area contributed by atoms with Gasteiger partial charge in [-0.3, -0.25) is 9.10 Å². The van der Waals surface area contributed by atoms with Gasteiger partial charge in [0.25, 0.3) is 10.0 Å². The average molecular weight is 475 g/mol. The fraction of sp³-hybridized carbons (Fsp3) is 0.458. The van der Waals surface area contributed by atoms with Crippen molar-refractivity contribution in [1.29, 1.82) is 0 Å². The van der Waals surface area contributed by atoms with Gasteiger partial charge in [0.05, 0.1) is 17.7 Å². The maximum Gasteiger partial charge on any atom is 0.264 e. The summed E-state index contributed by atoms with van der Waals surface area (Å²) < 4.78 is 44.8. The molecule has 1 amide bonds. The van der Waals surface area contributed by atoms with E-state index in [-0.39, 0.29) is 23.4 Å². The Morgan fingerprint density at radius 2 is 1.76 bits per heavy atom. The van der Waals surface area contributed by atoms with Crippen molar-refractivity contribution in [2.24, 2.45) is 5.92 Å². The van der Waals surface area contributed by atoms with Gasteiger partial charge in [-0.1, -0.05) is 19.8 Å². The zero-order chi connectivity index (χ0) is 23.4. The highest BCUT2D eigenvalue weighted by Gasteiger charge is 2.30. The number of rotatable bonds is 7. The summed E-state index contributed by atoms with van der Waals surface area (Å²) in [5, 5.41) is 3.05. The van der Waals surface area contributed by atoms with Crippen LogP contribution in [0.25, 0.3) is 0 Å². The van der Waals surface area contributed by atoms with Gasteiger partial charge in [0.15, 0.2) is 11.5 Å². The minimum absolute atomic E-state index is 0.0291. The number of benzene rings is 2. The first kappa shape index (κ1) is 23.2. The third-order valence-corrected chi connectivity index (χ3v) is 7.98. The SMILES string of the molecule is COc1ccc(N(CC(=O)N[C@H]2CCCC[C@H]2C)S(=O)(=O)c2ccc3c(c2)OCCO3)cc1. The summed E-state index contributed by atoms with van der Waals surface area (Å²) >= 11 is 0. The number of amides is 1.